The highest BCUT2D eigenvalue weighted by Gasteiger charge is 2.15. The van der Waals surface area contributed by atoms with Crippen molar-refractivity contribution in [2.75, 3.05) is 65.2 Å². The largest absolute Gasteiger partial charge is 0.379 e. The average Bonchev–Trinajstić information content (AvgIpc) is 3.73. The van der Waals surface area contributed by atoms with Crippen LogP contribution in [0.2, 0.25) is 0 Å². The fourth-order valence-electron chi connectivity index (χ4n) is 4.39. The first-order valence-corrected chi connectivity index (χ1v) is 16.3. The van der Waals surface area contributed by atoms with Crippen molar-refractivity contribution in [2.24, 2.45) is 5.73 Å². The predicted molar refractivity (Wildman–Crippen MR) is 167 cm³/mol. The molecule has 1 aromatic carbocycles. The Morgan fingerprint density at radius 1 is 0.909 bits per heavy atom. The number of primary amides is 1. The zero-order valence-corrected chi connectivity index (χ0v) is 26.2. The van der Waals surface area contributed by atoms with Crippen molar-refractivity contribution in [1.29, 1.82) is 0 Å². The summed E-state index contributed by atoms with van der Waals surface area (Å²) in [5.41, 5.74) is 6.91. The van der Waals surface area contributed by atoms with Crippen molar-refractivity contribution >= 4 is 29.5 Å². The molecule has 1 atom stereocenters. The summed E-state index contributed by atoms with van der Waals surface area (Å²) in [5.74, 6) is 0.697. The SMILES string of the molecule is NC(=O)c1cccc(-n2cc(CNC(=O)CCOCCOCCOCCOCCNC(=O)CCCC[C@H]3CCCS3)nn2)c1. The third kappa shape index (κ3) is 15.1. The van der Waals surface area contributed by atoms with E-state index in [4.69, 9.17) is 24.7 Å². The molecule has 0 spiro atoms. The second kappa shape index (κ2) is 21.6. The van der Waals surface area contributed by atoms with E-state index in [1.165, 1.54) is 29.7 Å². The number of carbonyl (C=O) groups excluding carboxylic acids is 3. The molecule has 14 heteroatoms. The second-order valence-corrected chi connectivity index (χ2v) is 11.7. The number of nitrogens with zero attached hydrogens (tertiary/aromatic N) is 3. The topological polar surface area (TPSA) is 169 Å². The number of nitrogens with two attached hydrogens (primary N) is 1. The summed E-state index contributed by atoms with van der Waals surface area (Å²) in [6, 6.07) is 6.72. The van der Waals surface area contributed by atoms with E-state index in [-0.39, 0.29) is 31.4 Å². The average molecular weight is 635 g/mol. The summed E-state index contributed by atoms with van der Waals surface area (Å²) in [4.78, 5) is 35.3. The van der Waals surface area contributed by atoms with Gasteiger partial charge in [0, 0.05) is 30.2 Å². The van der Waals surface area contributed by atoms with Gasteiger partial charge in [0.25, 0.3) is 0 Å². The number of nitrogens with one attached hydrogen (secondary N) is 2. The lowest BCUT2D eigenvalue weighted by molar-refractivity contribution is -0.122. The summed E-state index contributed by atoms with van der Waals surface area (Å²) in [6.45, 7) is 4.06. The fraction of sp³-hybridized carbons (Fsp3) is 0.633. The lowest BCUT2D eigenvalue weighted by atomic mass is 10.1. The van der Waals surface area contributed by atoms with Gasteiger partial charge >= 0.3 is 0 Å². The highest BCUT2D eigenvalue weighted by atomic mass is 32.2. The molecule has 13 nitrogen and oxygen atoms in total. The van der Waals surface area contributed by atoms with Crippen molar-refractivity contribution in [3.05, 3.63) is 41.7 Å². The van der Waals surface area contributed by atoms with Gasteiger partial charge in [0.1, 0.15) is 5.69 Å². The first-order valence-electron chi connectivity index (χ1n) is 15.3. The number of hydrogen-bond donors (Lipinski definition) is 3. The molecule has 3 rings (SSSR count). The Hall–Kier alpha value is -3.04. The monoisotopic (exact) mass is 634 g/mol. The molecule has 0 radical (unpaired) electrons. The Labute approximate surface area is 263 Å². The van der Waals surface area contributed by atoms with Gasteiger partial charge in [-0.3, -0.25) is 14.4 Å². The molecule has 0 bridgehead atoms. The number of hydrogen-bond acceptors (Lipinski definition) is 10. The standard InChI is InChI=1S/C30H46N6O7S/c31-30(39)24-5-3-6-26(21-24)36-23-25(34-35-36)22-33-29(38)10-12-40-14-16-42-18-19-43-17-15-41-13-11-32-28(37)9-2-1-7-27-8-4-20-44-27/h3,5-6,21,23,27H,1-2,4,7-20,22H2,(H2,31,39)(H,32,37)(H,33,38)/t27-/m0/s1. The van der Waals surface area contributed by atoms with E-state index in [2.05, 4.69) is 32.7 Å². The summed E-state index contributed by atoms with van der Waals surface area (Å²) < 4.78 is 23.4. The van der Waals surface area contributed by atoms with E-state index in [0.29, 0.717) is 76.2 Å². The van der Waals surface area contributed by atoms with Gasteiger partial charge in [-0.15, -0.1) is 5.10 Å². The quantitative estimate of drug-likeness (QED) is 0.145. The van der Waals surface area contributed by atoms with Gasteiger partial charge in [-0.05, 0) is 49.6 Å². The van der Waals surface area contributed by atoms with Gasteiger partial charge < -0.3 is 35.3 Å². The summed E-state index contributed by atoms with van der Waals surface area (Å²) in [6.07, 6.45) is 8.46. The van der Waals surface area contributed by atoms with Crippen LogP contribution in [0.15, 0.2) is 30.5 Å². The molecule has 1 aliphatic heterocycles. The summed E-state index contributed by atoms with van der Waals surface area (Å²) in [5, 5.41) is 14.6. The molecule has 1 fully saturated rings. The number of thioether (sulfide) groups is 1. The normalized spacial score (nSPS) is 14.5. The molecule has 44 heavy (non-hydrogen) atoms. The van der Waals surface area contributed by atoms with Crippen LogP contribution in [0, 0.1) is 0 Å². The molecule has 0 aliphatic carbocycles. The van der Waals surface area contributed by atoms with E-state index in [1.54, 1.807) is 30.5 Å². The van der Waals surface area contributed by atoms with Crippen molar-refractivity contribution in [2.45, 2.75) is 56.7 Å². The minimum atomic E-state index is -0.524. The van der Waals surface area contributed by atoms with Crippen LogP contribution in [-0.2, 0) is 35.1 Å². The van der Waals surface area contributed by atoms with Crippen LogP contribution in [0.25, 0.3) is 5.69 Å². The highest BCUT2D eigenvalue weighted by molar-refractivity contribution is 8.00. The number of aromatic nitrogens is 3. The molecule has 1 saturated heterocycles. The number of amides is 3. The molecular formula is C30H46N6O7S. The number of carbonyl (C=O) groups is 3. The summed E-state index contributed by atoms with van der Waals surface area (Å²) >= 11 is 2.07. The molecule has 1 aromatic heterocycles. The number of rotatable bonds is 24. The Morgan fingerprint density at radius 2 is 1.61 bits per heavy atom. The molecule has 4 N–H and O–H groups in total. The van der Waals surface area contributed by atoms with E-state index in [0.717, 1.165) is 18.1 Å². The third-order valence-corrected chi connectivity index (χ3v) is 8.23. The fourth-order valence-corrected chi connectivity index (χ4v) is 5.73. The van der Waals surface area contributed by atoms with E-state index in [9.17, 15) is 14.4 Å². The van der Waals surface area contributed by atoms with Crippen LogP contribution in [0.1, 0.15) is 61.0 Å². The van der Waals surface area contributed by atoms with Gasteiger partial charge in [-0.2, -0.15) is 11.8 Å². The molecule has 0 unspecified atom stereocenters. The lowest BCUT2D eigenvalue weighted by Crippen LogP contribution is -2.27. The number of ether oxygens (including phenoxy) is 4. The highest BCUT2D eigenvalue weighted by Crippen LogP contribution is 2.30. The van der Waals surface area contributed by atoms with Crippen LogP contribution < -0.4 is 16.4 Å². The van der Waals surface area contributed by atoms with Crippen molar-refractivity contribution in [1.82, 2.24) is 25.6 Å². The molecule has 2 aromatic rings. The molecule has 3 amide bonds. The van der Waals surface area contributed by atoms with E-state index >= 15 is 0 Å². The maximum atomic E-state index is 12.1. The first kappa shape index (κ1) is 35.4. The van der Waals surface area contributed by atoms with Gasteiger partial charge in [0.05, 0.1) is 71.3 Å². The Kier molecular flexibility index (Phi) is 17.4. The third-order valence-electron chi connectivity index (χ3n) is 6.76. The van der Waals surface area contributed by atoms with Crippen molar-refractivity contribution in [3.8, 4) is 5.69 Å². The van der Waals surface area contributed by atoms with E-state index < -0.39 is 5.91 Å². The van der Waals surface area contributed by atoms with Gasteiger partial charge in [0.2, 0.25) is 17.7 Å². The minimum absolute atomic E-state index is 0.0960. The predicted octanol–water partition coefficient (Wildman–Crippen LogP) is 2.01. The van der Waals surface area contributed by atoms with Crippen molar-refractivity contribution < 1.29 is 33.3 Å². The Bertz CT molecular complexity index is 1130. The molecular weight excluding hydrogens is 588 g/mol. The Morgan fingerprint density at radius 3 is 2.32 bits per heavy atom. The maximum absolute atomic E-state index is 12.1. The van der Waals surface area contributed by atoms with Crippen LogP contribution >= 0.6 is 11.8 Å². The van der Waals surface area contributed by atoms with Crippen LogP contribution in [0.5, 0.6) is 0 Å². The molecule has 244 valence electrons. The van der Waals surface area contributed by atoms with Crippen LogP contribution in [0.4, 0.5) is 0 Å². The Balaban J connectivity index is 1.05. The summed E-state index contributed by atoms with van der Waals surface area (Å²) in [7, 11) is 0. The zero-order valence-electron chi connectivity index (χ0n) is 25.4. The van der Waals surface area contributed by atoms with Gasteiger partial charge in [-0.25, -0.2) is 4.68 Å². The van der Waals surface area contributed by atoms with Crippen LogP contribution in [0.3, 0.4) is 0 Å². The second-order valence-electron chi connectivity index (χ2n) is 10.3. The zero-order chi connectivity index (χ0) is 31.2. The van der Waals surface area contributed by atoms with Gasteiger partial charge in [-0.1, -0.05) is 17.7 Å². The lowest BCUT2D eigenvalue weighted by Gasteiger charge is -2.09. The molecule has 1 aliphatic rings. The first-order chi connectivity index (χ1) is 21.5. The van der Waals surface area contributed by atoms with Crippen molar-refractivity contribution in [3.63, 3.8) is 0 Å². The maximum Gasteiger partial charge on any atom is 0.248 e. The number of benzene rings is 1. The van der Waals surface area contributed by atoms with Crippen LogP contribution in [-0.4, -0.2) is 103 Å². The minimum Gasteiger partial charge on any atom is -0.379 e. The van der Waals surface area contributed by atoms with E-state index in [1.807, 2.05) is 0 Å². The molecule has 0 saturated carbocycles. The van der Waals surface area contributed by atoms with Gasteiger partial charge in [0.15, 0.2) is 0 Å². The smallest absolute Gasteiger partial charge is 0.248 e. The molecule has 2 heterocycles. The number of unbranched alkanes of at least 4 members (excludes halogenated alkanes) is 1.